The van der Waals surface area contributed by atoms with Crippen molar-refractivity contribution in [3.63, 3.8) is 0 Å². The summed E-state index contributed by atoms with van der Waals surface area (Å²) >= 11 is 0. The minimum atomic E-state index is -4.57. The first-order chi connectivity index (χ1) is 9.80. The number of benzene rings is 1. The van der Waals surface area contributed by atoms with Gasteiger partial charge in [-0.2, -0.15) is 13.2 Å². The van der Waals surface area contributed by atoms with E-state index >= 15 is 0 Å². The zero-order valence-corrected chi connectivity index (χ0v) is 11.6. The predicted octanol–water partition coefficient (Wildman–Crippen LogP) is 2.54. The van der Waals surface area contributed by atoms with Crippen LogP contribution < -0.4 is 5.73 Å². The van der Waals surface area contributed by atoms with E-state index in [0.717, 1.165) is 12.1 Å². The summed E-state index contributed by atoms with van der Waals surface area (Å²) < 4.78 is 43.7. The first-order valence-electron chi connectivity index (χ1n) is 6.62. The van der Waals surface area contributed by atoms with Crippen LogP contribution in [0.2, 0.25) is 0 Å². The topological polar surface area (TPSA) is 55.6 Å². The van der Waals surface area contributed by atoms with E-state index in [9.17, 15) is 18.0 Å². The lowest BCUT2D eigenvalue weighted by Gasteiger charge is -2.31. The molecule has 1 fully saturated rings. The number of hydrogen-bond acceptors (Lipinski definition) is 3. The Balaban J connectivity index is 2.22. The van der Waals surface area contributed by atoms with Crippen LogP contribution in [0.5, 0.6) is 0 Å². The van der Waals surface area contributed by atoms with Gasteiger partial charge in [0, 0.05) is 37.6 Å². The van der Waals surface area contributed by atoms with Crippen LogP contribution in [0.3, 0.4) is 0 Å². The van der Waals surface area contributed by atoms with Crippen molar-refractivity contribution in [1.29, 1.82) is 0 Å². The number of anilines is 1. The molecule has 0 bridgehead atoms. The Morgan fingerprint density at radius 3 is 2.52 bits per heavy atom. The molecule has 0 spiro atoms. The third-order valence-electron chi connectivity index (χ3n) is 3.66. The second kappa shape index (κ2) is 5.93. The molecule has 1 aliphatic rings. The quantitative estimate of drug-likeness (QED) is 0.854. The van der Waals surface area contributed by atoms with Crippen LogP contribution in [-0.2, 0) is 10.9 Å². The number of amides is 1. The molecule has 1 aliphatic heterocycles. The smallest absolute Gasteiger partial charge is 0.398 e. The molecule has 1 amide bonds. The summed E-state index contributed by atoms with van der Waals surface area (Å²) in [5, 5.41) is 0. The van der Waals surface area contributed by atoms with Crippen molar-refractivity contribution in [2.45, 2.75) is 25.1 Å². The summed E-state index contributed by atoms with van der Waals surface area (Å²) in [5.74, 6) is -0.438. The van der Waals surface area contributed by atoms with E-state index in [-0.39, 0.29) is 17.3 Å². The Bertz CT molecular complexity index is 525. The lowest BCUT2D eigenvalue weighted by Crippen LogP contribution is -2.40. The van der Waals surface area contributed by atoms with Crippen LogP contribution >= 0.6 is 0 Å². The van der Waals surface area contributed by atoms with Crippen LogP contribution in [0.4, 0.5) is 18.9 Å². The van der Waals surface area contributed by atoms with Gasteiger partial charge in [0.1, 0.15) is 0 Å². The second-order valence-electron chi connectivity index (χ2n) is 5.06. The van der Waals surface area contributed by atoms with E-state index in [1.807, 2.05) is 0 Å². The Morgan fingerprint density at radius 1 is 1.33 bits per heavy atom. The Hall–Kier alpha value is -1.76. The Morgan fingerprint density at radius 2 is 1.95 bits per heavy atom. The molecule has 0 atom stereocenters. The summed E-state index contributed by atoms with van der Waals surface area (Å²) in [5.41, 5.74) is 3.96. The molecule has 116 valence electrons. The van der Waals surface area contributed by atoms with Gasteiger partial charge in [0.2, 0.25) is 0 Å². The number of carbonyl (C=O) groups is 1. The van der Waals surface area contributed by atoms with Gasteiger partial charge in [0.15, 0.2) is 0 Å². The molecule has 0 aliphatic carbocycles. The number of nitrogen functional groups attached to an aromatic ring is 1. The summed E-state index contributed by atoms with van der Waals surface area (Å²) in [4.78, 5) is 13.8. The van der Waals surface area contributed by atoms with Crippen LogP contribution in [0.25, 0.3) is 0 Å². The molecule has 2 N–H and O–H groups in total. The van der Waals surface area contributed by atoms with E-state index in [1.165, 1.54) is 11.0 Å². The van der Waals surface area contributed by atoms with Gasteiger partial charge in [0.25, 0.3) is 5.91 Å². The lowest BCUT2D eigenvalue weighted by molar-refractivity contribution is -0.136. The summed E-state index contributed by atoms with van der Waals surface area (Å²) in [6.45, 7) is 1.11. The van der Waals surface area contributed by atoms with E-state index in [0.29, 0.717) is 26.1 Å². The van der Waals surface area contributed by atoms with Crippen LogP contribution in [0.15, 0.2) is 18.2 Å². The third kappa shape index (κ3) is 3.47. The largest absolute Gasteiger partial charge is 0.418 e. The predicted molar refractivity (Wildman–Crippen MR) is 71.8 cm³/mol. The highest BCUT2D eigenvalue weighted by Gasteiger charge is 2.34. The van der Waals surface area contributed by atoms with Crippen molar-refractivity contribution in [1.82, 2.24) is 4.90 Å². The maximum atomic E-state index is 12.8. The maximum absolute atomic E-state index is 12.8. The lowest BCUT2D eigenvalue weighted by atomic mass is 10.0. The molecule has 1 aromatic rings. The molecule has 1 heterocycles. The van der Waals surface area contributed by atoms with Crippen LogP contribution in [-0.4, -0.2) is 37.1 Å². The first kappa shape index (κ1) is 15.6. The highest BCUT2D eigenvalue weighted by molar-refractivity contribution is 5.95. The highest BCUT2D eigenvalue weighted by Crippen LogP contribution is 2.34. The normalized spacial score (nSPS) is 16.8. The van der Waals surface area contributed by atoms with Crippen molar-refractivity contribution >= 4 is 11.6 Å². The number of carbonyl (C=O) groups excluding carboxylic acids is 1. The Kier molecular flexibility index (Phi) is 4.41. The standard InChI is InChI=1S/C14H17F3N2O2/c1-19(10-4-6-21-7-5-10)13(20)9-2-3-12(18)11(8-9)14(15,16)17/h2-3,8,10H,4-7,18H2,1H3. The van der Waals surface area contributed by atoms with Gasteiger partial charge in [-0.25, -0.2) is 0 Å². The minimum Gasteiger partial charge on any atom is -0.398 e. The molecule has 1 saturated heterocycles. The van der Waals surface area contributed by atoms with Crippen molar-refractivity contribution in [3.05, 3.63) is 29.3 Å². The molecule has 0 radical (unpaired) electrons. The van der Waals surface area contributed by atoms with Gasteiger partial charge in [0.05, 0.1) is 5.56 Å². The monoisotopic (exact) mass is 302 g/mol. The molecular formula is C14H17F3N2O2. The van der Waals surface area contributed by atoms with Crippen molar-refractivity contribution in [2.75, 3.05) is 26.0 Å². The number of hydrogen-bond donors (Lipinski definition) is 1. The van der Waals surface area contributed by atoms with Gasteiger partial charge in [-0.15, -0.1) is 0 Å². The van der Waals surface area contributed by atoms with Gasteiger partial charge in [-0.3, -0.25) is 4.79 Å². The first-order valence-corrected chi connectivity index (χ1v) is 6.62. The average Bonchev–Trinajstić information content (AvgIpc) is 2.46. The Labute approximate surface area is 120 Å². The maximum Gasteiger partial charge on any atom is 0.418 e. The summed E-state index contributed by atoms with van der Waals surface area (Å²) in [6.07, 6.45) is -3.20. The highest BCUT2D eigenvalue weighted by atomic mass is 19.4. The van der Waals surface area contributed by atoms with E-state index in [4.69, 9.17) is 10.5 Å². The zero-order chi connectivity index (χ0) is 15.6. The fraction of sp³-hybridized carbons (Fsp3) is 0.500. The van der Waals surface area contributed by atoms with Gasteiger partial charge in [-0.05, 0) is 31.0 Å². The fourth-order valence-electron chi connectivity index (χ4n) is 2.38. The SMILES string of the molecule is CN(C(=O)c1ccc(N)c(C(F)(F)F)c1)C1CCOCC1. The molecular weight excluding hydrogens is 285 g/mol. The third-order valence-corrected chi connectivity index (χ3v) is 3.66. The average molecular weight is 302 g/mol. The zero-order valence-electron chi connectivity index (χ0n) is 11.6. The van der Waals surface area contributed by atoms with Crippen molar-refractivity contribution < 1.29 is 22.7 Å². The van der Waals surface area contributed by atoms with Crippen LogP contribution in [0.1, 0.15) is 28.8 Å². The number of nitrogens with zero attached hydrogens (tertiary/aromatic N) is 1. The summed E-state index contributed by atoms with van der Waals surface area (Å²) in [6, 6.07) is 3.24. The summed E-state index contributed by atoms with van der Waals surface area (Å²) in [7, 11) is 1.60. The number of rotatable bonds is 2. The second-order valence-corrected chi connectivity index (χ2v) is 5.06. The van der Waals surface area contributed by atoms with Gasteiger partial charge in [-0.1, -0.05) is 0 Å². The minimum absolute atomic E-state index is 0.00878. The number of alkyl halides is 3. The molecule has 0 unspecified atom stereocenters. The van der Waals surface area contributed by atoms with Gasteiger partial charge < -0.3 is 15.4 Å². The molecule has 4 nitrogen and oxygen atoms in total. The van der Waals surface area contributed by atoms with E-state index in [1.54, 1.807) is 7.05 Å². The molecule has 2 rings (SSSR count). The molecule has 7 heteroatoms. The van der Waals surface area contributed by atoms with Gasteiger partial charge >= 0.3 is 6.18 Å². The van der Waals surface area contributed by atoms with E-state index in [2.05, 4.69) is 0 Å². The number of halogens is 3. The molecule has 1 aromatic carbocycles. The number of nitrogens with two attached hydrogens (primary N) is 1. The fourth-order valence-corrected chi connectivity index (χ4v) is 2.38. The van der Waals surface area contributed by atoms with Crippen LogP contribution in [0, 0.1) is 0 Å². The molecule has 0 aromatic heterocycles. The van der Waals surface area contributed by atoms with Crippen molar-refractivity contribution in [3.8, 4) is 0 Å². The molecule has 0 saturated carbocycles. The van der Waals surface area contributed by atoms with E-state index < -0.39 is 17.6 Å². The number of ether oxygens (including phenoxy) is 1. The van der Waals surface area contributed by atoms with Crippen molar-refractivity contribution in [2.24, 2.45) is 0 Å². The molecule has 21 heavy (non-hydrogen) atoms.